The highest BCUT2D eigenvalue weighted by Crippen LogP contribution is 2.28. The van der Waals surface area contributed by atoms with Gasteiger partial charge in [0.1, 0.15) is 11.6 Å². The third-order valence-corrected chi connectivity index (χ3v) is 4.61. The molecule has 146 valence electrons. The van der Waals surface area contributed by atoms with E-state index in [2.05, 4.69) is 36.4 Å². The van der Waals surface area contributed by atoms with Crippen molar-refractivity contribution in [1.82, 2.24) is 9.78 Å². The summed E-state index contributed by atoms with van der Waals surface area (Å²) >= 11 is 0. The van der Waals surface area contributed by atoms with E-state index in [1.54, 1.807) is 23.9 Å². The highest BCUT2D eigenvalue weighted by Gasteiger charge is 2.19. The first-order chi connectivity index (χ1) is 13.4. The summed E-state index contributed by atoms with van der Waals surface area (Å²) < 4.78 is 7.78. The Morgan fingerprint density at radius 1 is 1.11 bits per heavy atom. The van der Waals surface area contributed by atoms with Crippen LogP contribution in [-0.2, 0) is 11.3 Å². The van der Waals surface area contributed by atoms with Crippen LogP contribution in [-0.4, -0.2) is 21.8 Å². The summed E-state index contributed by atoms with van der Waals surface area (Å²) in [4.78, 5) is 12.7. The van der Waals surface area contributed by atoms with E-state index in [0.717, 1.165) is 22.4 Å². The van der Waals surface area contributed by atoms with E-state index in [4.69, 9.17) is 4.74 Å². The zero-order chi connectivity index (χ0) is 20.1. The molecule has 1 amide bonds. The lowest BCUT2D eigenvalue weighted by Crippen LogP contribution is -2.31. The van der Waals surface area contributed by atoms with Gasteiger partial charge in [-0.3, -0.25) is 4.79 Å². The van der Waals surface area contributed by atoms with Gasteiger partial charge in [-0.1, -0.05) is 56.3 Å². The van der Waals surface area contributed by atoms with Gasteiger partial charge in [0.25, 0.3) is 5.91 Å². The number of benzene rings is 2. The molecule has 1 heterocycles. The summed E-state index contributed by atoms with van der Waals surface area (Å²) in [7, 11) is 0. The van der Waals surface area contributed by atoms with Crippen LogP contribution in [0.4, 0.5) is 5.82 Å². The number of aromatic nitrogens is 2. The Morgan fingerprint density at radius 2 is 1.86 bits per heavy atom. The molecule has 0 saturated heterocycles. The summed E-state index contributed by atoms with van der Waals surface area (Å²) in [5, 5.41) is 7.25. The van der Waals surface area contributed by atoms with Crippen LogP contribution in [0.5, 0.6) is 5.75 Å². The molecule has 5 nitrogen and oxygen atoms in total. The number of carbonyl (C=O) groups is 1. The number of carbonyl (C=O) groups excluding carboxylic acids is 1. The van der Waals surface area contributed by atoms with E-state index in [9.17, 15) is 4.79 Å². The monoisotopic (exact) mass is 377 g/mol. The Hall–Kier alpha value is -3.08. The predicted octanol–water partition coefficient (Wildman–Crippen LogP) is 4.77. The Labute approximate surface area is 166 Å². The maximum absolute atomic E-state index is 12.7. The number of hydrogen-bond acceptors (Lipinski definition) is 3. The van der Waals surface area contributed by atoms with Crippen LogP contribution < -0.4 is 10.1 Å². The Morgan fingerprint density at radius 3 is 2.57 bits per heavy atom. The summed E-state index contributed by atoms with van der Waals surface area (Å²) in [6.07, 6.45) is 1.06. The minimum absolute atomic E-state index is 0.203. The summed E-state index contributed by atoms with van der Waals surface area (Å²) in [5.74, 6) is 1.53. The second-order valence-electron chi connectivity index (χ2n) is 7.31. The fourth-order valence-electron chi connectivity index (χ4n) is 3.01. The molecule has 3 rings (SSSR count). The first-order valence-electron chi connectivity index (χ1n) is 9.58. The summed E-state index contributed by atoms with van der Waals surface area (Å²) in [6.45, 7) is 8.60. The van der Waals surface area contributed by atoms with Crippen LogP contribution in [0, 0.1) is 6.92 Å². The van der Waals surface area contributed by atoms with Gasteiger partial charge in [0.15, 0.2) is 6.10 Å². The number of amides is 1. The van der Waals surface area contributed by atoms with E-state index in [1.807, 2.05) is 43.3 Å². The third kappa shape index (κ3) is 4.80. The topological polar surface area (TPSA) is 56.1 Å². The molecule has 0 spiro atoms. The zero-order valence-corrected chi connectivity index (χ0v) is 16.8. The highest BCUT2D eigenvalue weighted by molar-refractivity contribution is 5.93. The number of aryl methyl sites for hydroxylation is 1. The maximum atomic E-state index is 12.7. The molecule has 1 aromatic heterocycles. The minimum atomic E-state index is -0.626. The molecule has 1 atom stereocenters. The number of rotatable bonds is 7. The summed E-state index contributed by atoms with van der Waals surface area (Å²) in [6, 6.07) is 17.9. The van der Waals surface area contributed by atoms with Crippen molar-refractivity contribution in [2.45, 2.75) is 46.3 Å². The molecule has 5 heteroatoms. The van der Waals surface area contributed by atoms with Gasteiger partial charge in [0, 0.05) is 6.07 Å². The molecule has 28 heavy (non-hydrogen) atoms. The van der Waals surface area contributed by atoms with E-state index in [-0.39, 0.29) is 5.91 Å². The fourth-order valence-corrected chi connectivity index (χ4v) is 3.01. The van der Waals surface area contributed by atoms with Crippen LogP contribution in [0.15, 0.2) is 60.8 Å². The minimum Gasteiger partial charge on any atom is -0.481 e. The van der Waals surface area contributed by atoms with Gasteiger partial charge in [-0.25, -0.2) is 4.68 Å². The van der Waals surface area contributed by atoms with Crippen LogP contribution in [0.1, 0.15) is 43.4 Å². The molecule has 0 aliphatic heterocycles. The Bertz CT molecular complexity index is 932. The van der Waals surface area contributed by atoms with Crippen LogP contribution in [0.2, 0.25) is 0 Å². The molecule has 1 N–H and O–H groups in total. The van der Waals surface area contributed by atoms with Crippen LogP contribution in [0.25, 0.3) is 0 Å². The van der Waals surface area contributed by atoms with Gasteiger partial charge in [0.2, 0.25) is 0 Å². The van der Waals surface area contributed by atoms with Crippen molar-refractivity contribution in [2.24, 2.45) is 0 Å². The van der Waals surface area contributed by atoms with Gasteiger partial charge in [-0.2, -0.15) is 5.10 Å². The van der Waals surface area contributed by atoms with Crippen molar-refractivity contribution >= 4 is 11.7 Å². The lowest BCUT2D eigenvalue weighted by atomic mass is 10.0. The molecule has 0 saturated carbocycles. The second kappa shape index (κ2) is 8.74. The first kappa shape index (κ1) is 19.7. The average molecular weight is 377 g/mol. The number of anilines is 1. The molecule has 0 bridgehead atoms. The quantitative estimate of drug-likeness (QED) is 0.645. The van der Waals surface area contributed by atoms with Crippen molar-refractivity contribution in [2.75, 3.05) is 5.32 Å². The largest absolute Gasteiger partial charge is 0.481 e. The van der Waals surface area contributed by atoms with Gasteiger partial charge < -0.3 is 10.1 Å². The number of hydrogen-bond donors (Lipinski definition) is 1. The molecule has 2 aromatic carbocycles. The van der Waals surface area contributed by atoms with Crippen LogP contribution in [0.3, 0.4) is 0 Å². The maximum Gasteiger partial charge on any atom is 0.266 e. The average Bonchev–Trinajstić information content (AvgIpc) is 3.09. The van der Waals surface area contributed by atoms with Crippen molar-refractivity contribution in [1.29, 1.82) is 0 Å². The third-order valence-electron chi connectivity index (χ3n) is 4.61. The first-order valence-corrected chi connectivity index (χ1v) is 9.58. The van der Waals surface area contributed by atoms with Gasteiger partial charge in [-0.15, -0.1) is 0 Å². The van der Waals surface area contributed by atoms with E-state index >= 15 is 0 Å². The molecular weight excluding hydrogens is 350 g/mol. The standard InChI is InChI=1S/C23H27N3O2/c1-16(2)20-11-10-17(3)14-21(20)28-18(4)23(27)25-22-12-13-24-26(22)15-19-8-6-5-7-9-19/h5-14,16,18H,15H2,1-4H3,(H,25,27)/t18-/m0/s1. The molecule has 0 unspecified atom stereocenters. The highest BCUT2D eigenvalue weighted by atomic mass is 16.5. The second-order valence-corrected chi connectivity index (χ2v) is 7.31. The van der Waals surface area contributed by atoms with Crippen molar-refractivity contribution in [3.63, 3.8) is 0 Å². The molecule has 0 aliphatic carbocycles. The number of nitrogens with zero attached hydrogens (tertiary/aromatic N) is 2. The molecule has 0 radical (unpaired) electrons. The van der Waals surface area contributed by atoms with Gasteiger partial charge in [0.05, 0.1) is 12.7 Å². The summed E-state index contributed by atoms with van der Waals surface area (Å²) in [5.41, 5.74) is 3.32. The van der Waals surface area contributed by atoms with E-state index in [0.29, 0.717) is 18.3 Å². The normalized spacial score (nSPS) is 12.0. The van der Waals surface area contributed by atoms with Crippen LogP contribution >= 0.6 is 0 Å². The Kier molecular flexibility index (Phi) is 6.14. The predicted molar refractivity (Wildman–Crippen MR) is 112 cm³/mol. The van der Waals surface area contributed by atoms with E-state index in [1.165, 1.54) is 0 Å². The van der Waals surface area contributed by atoms with Gasteiger partial charge in [-0.05, 0) is 42.5 Å². The lowest BCUT2D eigenvalue weighted by molar-refractivity contribution is -0.122. The van der Waals surface area contributed by atoms with Crippen molar-refractivity contribution in [3.8, 4) is 5.75 Å². The number of nitrogens with one attached hydrogen (secondary N) is 1. The molecule has 0 fully saturated rings. The molecular formula is C23H27N3O2. The smallest absolute Gasteiger partial charge is 0.266 e. The fraction of sp³-hybridized carbons (Fsp3) is 0.304. The van der Waals surface area contributed by atoms with E-state index < -0.39 is 6.10 Å². The van der Waals surface area contributed by atoms with Gasteiger partial charge >= 0.3 is 0 Å². The van der Waals surface area contributed by atoms with Crippen molar-refractivity contribution < 1.29 is 9.53 Å². The number of ether oxygens (including phenoxy) is 1. The molecule has 0 aliphatic rings. The van der Waals surface area contributed by atoms with Crippen molar-refractivity contribution in [3.05, 3.63) is 77.5 Å². The molecule has 3 aromatic rings. The lowest BCUT2D eigenvalue weighted by Gasteiger charge is -2.19. The SMILES string of the molecule is Cc1ccc(C(C)C)c(O[C@@H](C)C(=O)Nc2ccnn2Cc2ccccc2)c1. The Balaban J connectivity index is 1.69. The zero-order valence-electron chi connectivity index (χ0n) is 16.8.